The van der Waals surface area contributed by atoms with Crippen molar-refractivity contribution in [1.82, 2.24) is 0 Å². The van der Waals surface area contributed by atoms with E-state index in [1.165, 1.54) is 6.07 Å². The van der Waals surface area contributed by atoms with Gasteiger partial charge in [0.05, 0.1) is 28.9 Å². The highest BCUT2D eigenvalue weighted by Crippen LogP contribution is 2.41. The standard InChI is InChI=1S/C14H17BClF3O3/c1-12(2)13(3,4)22-15(21-12)8-6-9(14(17,18)19)11(20-5)10(16)7-8/h6-7H,1-5H3. The zero-order valence-electron chi connectivity index (χ0n) is 13.0. The van der Waals surface area contributed by atoms with Gasteiger partial charge in [0.1, 0.15) is 5.75 Å². The monoisotopic (exact) mass is 336 g/mol. The maximum atomic E-state index is 13.2. The molecule has 122 valence electrons. The molecule has 0 atom stereocenters. The van der Waals surface area contributed by atoms with E-state index in [0.29, 0.717) is 0 Å². The summed E-state index contributed by atoms with van der Waals surface area (Å²) in [6, 6.07) is 2.32. The molecular formula is C14H17BClF3O3. The fourth-order valence-corrected chi connectivity index (χ4v) is 2.45. The smallest absolute Gasteiger partial charge is 0.494 e. The summed E-state index contributed by atoms with van der Waals surface area (Å²) >= 11 is 5.93. The van der Waals surface area contributed by atoms with Crippen LogP contribution in [-0.4, -0.2) is 25.4 Å². The molecule has 0 bridgehead atoms. The molecule has 1 saturated heterocycles. The summed E-state index contributed by atoms with van der Waals surface area (Å²) in [4.78, 5) is 0. The third-order valence-electron chi connectivity index (χ3n) is 4.10. The van der Waals surface area contributed by atoms with E-state index in [2.05, 4.69) is 0 Å². The highest BCUT2D eigenvalue weighted by Gasteiger charge is 2.52. The van der Waals surface area contributed by atoms with E-state index in [1.54, 1.807) is 0 Å². The largest absolute Gasteiger partial charge is 0.495 e. The molecule has 1 aliphatic heterocycles. The topological polar surface area (TPSA) is 27.7 Å². The number of hydrogen-bond acceptors (Lipinski definition) is 3. The van der Waals surface area contributed by atoms with E-state index in [-0.39, 0.29) is 10.5 Å². The second-order valence-corrected chi connectivity index (χ2v) is 6.58. The van der Waals surface area contributed by atoms with Crippen LogP contribution in [0.25, 0.3) is 0 Å². The fourth-order valence-electron chi connectivity index (χ4n) is 2.15. The minimum atomic E-state index is -4.59. The van der Waals surface area contributed by atoms with Gasteiger partial charge in [-0.15, -0.1) is 0 Å². The maximum absolute atomic E-state index is 13.2. The predicted molar refractivity (Wildman–Crippen MR) is 78.7 cm³/mol. The number of rotatable bonds is 2. The summed E-state index contributed by atoms with van der Waals surface area (Å²) in [6.07, 6.45) is -4.59. The SMILES string of the molecule is COc1c(Cl)cc(B2OC(C)(C)C(C)(C)O2)cc1C(F)(F)F. The Morgan fingerprint density at radius 3 is 2.00 bits per heavy atom. The van der Waals surface area contributed by atoms with Gasteiger partial charge in [0.15, 0.2) is 0 Å². The molecule has 0 saturated carbocycles. The molecule has 1 fully saturated rings. The van der Waals surface area contributed by atoms with Gasteiger partial charge in [-0.2, -0.15) is 13.2 Å². The quantitative estimate of drug-likeness (QED) is 0.771. The van der Waals surface area contributed by atoms with Crippen LogP contribution in [0.1, 0.15) is 33.3 Å². The average molecular weight is 337 g/mol. The lowest BCUT2D eigenvalue weighted by Crippen LogP contribution is -2.41. The Morgan fingerprint density at radius 2 is 1.59 bits per heavy atom. The lowest BCUT2D eigenvalue weighted by Gasteiger charge is -2.32. The molecule has 1 aliphatic rings. The van der Waals surface area contributed by atoms with Gasteiger partial charge < -0.3 is 14.0 Å². The number of methoxy groups -OCH3 is 1. The van der Waals surface area contributed by atoms with Gasteiger partial charge in [-0.3, -0.25) is 0 Å². The van der Waals surface area contributed by atoms with Gasteiger partial charge in [-0.05, 0) is 45.3 Å². The summed E-state index contributed by atoms with van der Waals surface area (Å²) < 4.78 is 55.8. The van der Waals surface area contributed by atoms with Gasteiger partial charge in [-0.1, -0.05) is 11.6 Å². The van der Waals surface area contributed by atoms with Crippen LogP contribution in [0.2, 0.25) is 5.02 Å². The molecule has 0 unspecified atom stereocenters. The van der Waals surface area contributed by atoms with Crippen LogP contribution < -0.4 is 10.2 Å². The van der Waals surface area contributed by atoms with Crippen LogP contribution in [0.3, 0.4) is 0 Å². The van der Waals surface area contributed by atoms with E-state index in [1.807, 2.05) is 27.7 Å². The molecule has 2 rings (SSSR count). The van der Waals surface area contributed by atoms with Gasteiger partial charge in [0.25, 0.3) is 0 Å². The summed E-state index contributed by atoms with van der Waals surface area (Å²) in [5.74, 6) is -0.408. The molecule has 1 aromatic carbocycles. The van der Waals surface area contributed by atoms with Crippen LogP contribution in [0.15, 0.2) is 12.1 Å². The molecule has 8 heteroatoms. The first-order valence-corrected chi connectivity index (χ1v) is 7.07. The van der Waals surface area contributed by atoms with Crippen molar-refractivity contribution < 1.29 is 27.2 Å². The molecule has 0 radical (unpaired) electrons. The van der Waals surface area contributed by atoms with Gasteiger partial charge in [0, 0.05) is 0 Å². The molecule has 0 N–H and O–H groups in total. The zero-order valence-corrected chi connectivity index (χ0v) is 13.7. The second-order valence-electron chi connectivity index (χ2n) is 6.17. The van der Waals surface area contributed by atoms with E-state index < -0.39 is 35.8 Å². The van der Waals surface area contributed by atoms with Crippen molar-refractivity contribution in [3.63, 3.8) is 0 Å². The molecule has 0 amide bonds. The van der Waals surface area contributed by atoms with Crippen LogP contribution >= 0.6 is 11.6 Å². The van der Waals surface area contributed by atoms with Gasteiger partial charge in [-0.25, -0.2) is 0 Å². The third kappa shape index (κ3) is 2.94. The highest BCUT2D eigenvalue weighted by molar-refractivity contribution is 6.62. The predicted octanol–water partition coefficient (Wildman–Crippen LogP) is 3.67. The summed E-state index contributed by atoms with van der Waals surface area (Å²) in [7, 11) is 0.222. The van der Waals surface area contributed by atoms with Crippen molar-refractivity contribution in [2.24, 2.45) is 0 Å². The average Bonchev–Trinajstić information content (AvgIpc) is 2.56. The molecule has 3 nitrogen and oxygen atoms in total. The maximum Gasteiger partial charge on any atom is 0.494 e. The van der Waals surface area contributed by atoms with E-state index in [0.717, 1.165) is 13.2 Å². The third-order valence-corrected chi connectivity index (χ3v) is 4.38. The molecule has 0 aromatic heterocycles. The van der Waals surface area contributed by atoms with Crippen molar-refractivity contribution >= 4 is 24.2 Å². The highest BCUT2D eigenvalue weighted by atomic mass is 35.5. The normalized spacial score (nSPS) is 20.3. The zero-order chi connectivity index (χ0) is 16.9. The molecule has 1 heterocycles. The number of ether oxygens (including phenoxy) is 1. The Labute approximate surface area is 132 Å². The number of hydrogen-bond donors (Lipinski definition) is 0. The Morgan fingerprint density at radius 1 is 1.09 bits per heavy atom. The minimum absolute atomic E-state index is 0.137. The summed E-state index contributed by atoms with van der Waals surface area (Å²) in [6.45, 7) is 7.29. The van der Waals surface area contributed by atoms with Crippen molar-refractivity contribution in [3.05, 3.63) is 22.7 Å². The Kier molecular flexibility index (Phi) is 4.22. The van der Waals surface area contributed by atoms with Crippen LogP contribution in [-0.2, 0) is 15.5 Å². The molecular weight excluding hydrogens is 319 g/mol. The van der Waals surface area contributed by atoms with Crippen molar-refractivity contribution in [2.45, 2.75) is 45.1 Å². The Hall–Kier alpha value is -0.915. The van der Waals surface area contributed by atoms with Crippen molar-refractivity contribution in [1.29, 1.82) is 0 Å². The number of benzene rings is 1. The summed E-state index contributed by atoms with van der Waals surface area (Å²) in [5.41, 5.74) is -2.05. The van der Waals surface area contributed by atoms with Crippen LogP contribution in [0, 0.1) is 0 Å². The lowest BCUT2D eigenvalue weighted by molar-refractivity contribution is -0.138. The van der Waals surface area contributed by atoms with E-state index in [4.69, 9.17) is 25.6 Å². The summed E-state index contributed by atoms with van der Waals surface area (Å²) in [5, 5.41) is -0.137. The molecule has 0 spiro atoms. The first-order valence-electron chi connectivity index (χ1n) is 6.69. The van der Waals surface area contributed by atoms with E-state index >= 15 is 0 Å². The molecule has 22 heavy (non-hydrogen) atoms. The molecule has 0 aliphatic carbocycles. The lowest BCUT2D eigenvalue weighted by atomic mass is 9.78. The first kappa shape index (κ1) is 17.4. The van der Waals surface area contributed by atoms with Gasteiger partial charge >= 0.3 is 13.3 Å². The first-order chi connectivity index (χ1) is 9.89. The van der Waals surface area contributed by atoms with Crippen molar-refractivity contribution in [2.75, 3.05) is 7.11 Å². The van der Waals surface area contributed by atoms with E-state index in [9.17, 15) is 13.2 Å². The van der Waals surface area contributed by atoms with Crippen molar-refractivity contribution in [3.8, 4) is 5.75 Å². The Balaban J connectivity index is 2.49. The van der Waals surface area contributed by atoms with Crippen LogP contribution in [0.5, 0.6) is 5.75 Å². The minimum Gasteiger partial charge on any atom is -0.495 e. The fraction of sp³-hybridized carbons (Fsp3) is 0.571. The Bertz CT molecular complexity index is 571. The second kappa shape index (κ2) is 5.32. The van der Waals surface area contributed by atoms with Crippen LogP contribution in [0.4, 0.5) is 13.2 Å². The number of halogens is 4. The molecule has 1 aromatic rings. The number of alkyl halides is 3. The van der Waals surface area contributed by atoms with Gasteiger partial charge in [0.2, 0.25) is 0 Å².